The van der Waals surface area contributed by atoms with E-state index in [2.05, 4.69) is 15.6 Å². The summed E-state index contributed by atoms with van der Waals surface area (Å²) in [5.74, 6) is 1.93. The third kappa shape index (κ3) is 4.78. The van der Waals surface area contributed by atoms with E-state index >= 15 is 0 Å². The van der Waals surface area contributed by atoms with E-state index in [1.807, 2.05) is 72.8 Å². The van der Waals surface area contributed by atoms with Crippen LogP contribution >= 0.6 is 0 Å². The number of anilines is 3. The fraction of sp³-hybridized carbons (Fsp3) is 0. The van der Waals surface area contributed by atoms with Gasteiger partial charge >= 0.3 is 0 Å². The van der Waals surface area contributed by atoms with Gasteiger partial charge in [0.1, 0.15) is 11.6 Å². The minimum Gasteiger partial charge on any atom is -0.455 e. The number of amides is 1. The van der Waals surface area contributed by atoms with Crippen LogP contribution < -0.4 is 15.4 Å². The lowest BCUT2D eigenvalue weighted by molar-refractivity contribution is 0.102. The Labute approximate surface area is 169 Å². The molecule has 1 amide bonds. The van der Waals surface area contributed by atoms with Crippen molar-refractivity contribution in [1.82, 2.24) is 4.98 Å². The van der Waals surface area contributed by atoms with Gasteiger partial charge in [-0.3, -0.25) is 4.79 Å². The van der Waals surface area contributed by atoms with Crippen LogP contribution in [0, 0.1) is 0 Å². The number of nitrogens with one attached hydrogen (secondary N) is 2. The maximum atomic E-state index is 12.2. The number of nitrogens with zero attached hydrogens (tertiary/aromatic N) is 1. The second-order valence-corrected chi connectivity index (χ2v) is 6.29. The molecule has 0 unspecified atom stereocenters. The SMILES string of the molecule is O=C(Nc1ccc(Nc2ccccc2Oc2ccccc2)nc1)c1ccccc1. The first-order valence-electron chi connectivity index (χ1n) is 9.19. The molecule has 0 aliphatic carbocycles. The molecule has 0 aliphatic heterocycles. The third-order valence-electron chi connectivity index (χ3n) is 4.18. The standard InChI is InChI=1S/C24H19N3O2/c28-24(18-9-3-1-4-10-18)26-19-15-16-23(25-17-19)27-21-13-7-8-14-22(21)29-20-11-5-2-6-12-20/h1-17H,(H,25,27)(H,26,28). The van der Waals surface area contributed by atoms with E-state index in [1.54, 1.807) is 30.5 Å². The zero-order valence-electron chi connectivity index (χ0n) is 15.6. The van der Waals surface area contributed by atoms with Gasteiger partial charge in [0.2, 0.25) is 0 Å². The largest absolute Gasteiger partial charge is 0.455 e. The molecule has 0 aliphatic rings. The molecule has 5 nitrogen and oxygen atoms in total. The van der Waals surface area contributed by atoms with E-state index in [0.29, 0.717) is 22.8 Å². The number of ether oxygens (including phenoxy) is 1. The Morgan fingerprint density at radius 3 is 2.17 bits per heavy atom. The van der Waals surface area contributed by atoms with E-state index < -0.39 is 0 Å². The minimum absolute atomic E-state index is 0.172. The lowest BCUT2D eigenvalue weighted by atomic mass is 10.2. The minimum atomic E-state index is -0.172. The van der Waals surface area contributed by atoms with Crippen LogP contribution in [0.3, 0.4) is 0 Å². The summed E-state index contributed by atoms with van der Waals surface area (Å²) in [6.07, 6.45) is 1.61. The summed E-state index contributed by atoms with van der Waals surface area (Å²) >= 11 is 0. The highest BCUT2D eigenvalue weighted by Crippen LogP contribution is 2.31. The molecule has 0 bridgehead atoms. The Bertz CT molecular complexity index is 1080. The topological polar surface area (TPSA) is 63.2 Å². The fourth-order valence-corrected chi connectivity index (χ4v) is 2.75. The van der Waals surface area contributed by atoms with Gasteiger partial charge in [0.25, 0.3) is 5.91 Å². The summed E-state index contributed by atoms with van der Waals surface area (Å²) in [6, 6.07) is 29.9. The van der Waals surface area contributed by atoms with Crippen molar-refractivity contribution < 1.29 is 9.53 Å². The molecule has 2 N–H and O–H groups in total. The van der Waals surface area contributed by atoms with Crippen molar-refractivity contribution in [3.8, 4) is 11.5 Å². The predicted molar refractivity (Wildman–Crippen MR) is 115 cm³/mol. The summed E-state index contributed by atoms with van der Waals surface area (Å²) in [5.41, 5.74) is 2.02. The molecular formula is C24H19N3O2. The van der Waals surface area contributed by atoms with Gasteiger partial charge in [0.15, 0.2) is 5.75 Å². The zero-order valence-corrected chi connectivity index (χ0v) is 15.6. The van der Waals surface area contributed by atoms with E-state index in [0.717, 1.165) is 11.4 Å². The molecule has 1 heterocycles. The Kier molecular flexibility index (Phi) is 5.48. The van der Waals surface area contributed by atoms with Crippen molar-refractivity contribution in [2.24, 2.45) is 0 Å². The lowest BCUT2D eigenvalue weighted by Gasteiger charge is -2.13. The average molecular weight is 381 g/mol. The molecule has 4 rings (SSSR count). The number of pyridine rings is 1. The van der Waals surface area contributed by atoms with Crippen molar-refractivity contribution in [2.45, 2.75) is 0 Å². The molecule has 0 spiro atoms. The first kappa shape index (κ1) is 18.3. The van der Waals surface area contributed by atoms with Crippen molar-refractivity contribution in [3.63, 3.8) is 0 Å². The second-order valence-electron chi connectivity index (χ2n) is 6.29. The van der Waals surface area contributed by atoms with E-state index in [9.17, 15) is 4.79 Å². The van der Waals surface area contributed by atoms with Gasteiger partial charge in [-0.05, 0) is 48.5 Å². The monoisotopic (exact) mass is 381 g/mol. The highest BCUT2D eigenvalue weighted by atomic mass is 16.5. The number of benzene rings is 3. The first-order chi connectivity index (χ1) is 14.3. The molecule has 29 heavy (non-hydrogen) atoms. The van der Waals surface area contributed by atoms with Crippen LogP contribution in [-0.2, 0) is 0 Å². The summed E-state index contributed by atoms with van der Waals surface area (Å²) in [4.78, 5) is 16.6. The van der Waals surface area contributed by atoms with Gasteiger partial charge in [-0.25, -0.2) is 4.98 Å². The molecule has 0 fully saturated rings. The quantitative estimate of drug-likeness (QED) is 0.438. The summed E-state index contributed by atoms with van der Waals surface area (Å²) in [7, 11) is 0. The summed E-state index contributed by atoms with van der Waals surface area (Å²) in [5, 5.41) is 6.10. The van der Waals surface area contributed by atoms with Gasteiger partial charge in [-0.2, -0.15) is 0 Å². The highest BCUT2D eigenvalue weighted by Gasteiger charge is 2.07. The Morgan fingerprint density at radius 2 is 1.45 bits per heavy atom. The number of carbonyl (C=O) groups excluding carboxylic acids is 1. The zero-order chi connectivity index (χ0) is 19.9. The second kappa shape index (κ2) is 8.71. The molecular weight excluding hydrogens is 362 g/mol. The Balaban J connectivity index is 1.45. The molecule has 0 radical (unpaired) electrons. The Hall–Kier alpha value is -4.12. The van der Waals surface area contributed by atoms with Crippen molar-refractivity contribution in [3.05, 3.63) is 109 Å². The molecule has 0 atom stereocenters. The summed E-state index contributed by atoms with van der Waals surface area (Å²) in [6.45, 7) is 0. The number of para-hydroxylation sites is 3. The van der Waals surface area contributed by atoms with Crippen LogP contribution in [0.2, 0.25) is 0 Å². The molecule has 0 saturated carbocycles. The normalized spacial score (nSPS) is 10.2. The summed E-state index contributed by atoms with van der Waals surface area (Å²) < 4.78 is 5.96. The van der Waals surface area contributed by atoms with Crippen molar-refractivity contribution in [1.29, 1.82) is 0 Å². The number of carbonyl (C=O) groups is 1. The molecule has 0 saturated heterocycles. The Morgan fingerprint density at radius 1 is 0.759 bits per heavy atom. The molecule has 1 aromatic heterocycles. The van der Waals surface area contributed by atoms with E-state index in [-0.39, 0.29) is 5.91 Å². The van der Waals surface area contributed by atoms with Gasteiger partial charge < -0.3 is 15.4 Å². The number of hydrogen-bond acceptors (Lipinski definition) is 4. The molecule has 3 aromatic carbocycles. The van der Waals surface area contributed by atoms with E-state index in [1.165, 1.54) is 0 Å². The lowest BCUT2D eigenvalue weighted by Crippen LogP contribution is -2.11. The van der Waals surface area contributed by atoms with Gasteiger partial charge in [0.05, 0.1) is 17.6 Å². The van der Waals surface area contributed by atoms with Crippen LogP contribution in [0.4, 0.5) is 17.2 Å². The molecule has 142 valence electrons. The molecule has 4 aromatic rings. The highest BCUT2D eigenvalue weighted by molar-refractivity contribution is 6.04. The van der Waals surface area contributed by atoms with Gasteiger partial charge in [-0.15, -0.1) is 0 Å². The third-order valence-corrected chi connectivity index (χ3v) is 4.18. The van der Waals surface area contributed by atoms with E-state index in [4.69, 9.17) is 4.74 Å². The number of aromatic nitrogens is 1. The van der Waals surface area contributed by atoms with Gasteiger partial charge in [0, 0.05) is 5.56 Å². The smallest absolute Gasteiger partial charge is 0.255 e. The average Bonchev–Trinajstić information content (AvgIpc) is 2.78. The maximum absolute atomic E-state index is 12.2. The first-order valence-corrected chi connectivity index (χ1v) is 9.19. The van der Waals surface area contributed by atoms with Crippen molar-refractivity contribution in [2.75, 3.05) is 10.6 Å². The molecule has 5 heteroatoms. The van der Waals surface area contributed by atoms with Gasteiger partial charge in [-0.1, -0.05) is 48.5 Å². The maximum Gasteiger partial charge on any atom is 0.255 e. The number of hydrogen-bond donors (Lipinski definition) is 2. The van der Waals surface area contributed by atoms with Crippen LogP contribution in [0.25, 0.3) is 0 Å². The van der Waals surface area contributed by atoms with Crippen LogP contribution in [-0.4, -0.2) is 10.9 Å². The van der Waals surface area contributed by atoms with Crippen LogP contribution in [0.1, 0.15) is 10.4 Å². The van der Waals surface area contributed by atoms with Crippen molar-refractivity contribution >= 4 is 23.1 Å². The fourth-order valence-electron chi connectivity index (χ4n) is 2.75. The van der Waals surface area contributed by atoms with Crippen LogP contribution in [0.15, 0.2) is 103 Å². The number of rotatable bonds is 6. The van der Waals surface area contributed by atoms with Crippen LogP contribution in [0.5, 0.6) is 11.5 Å². The predicted octanol–water partition coefficient (Wildman–Crippen LogP) is 5.87.